The zero-order valence-electron chi connectivity index (χ0n) is 13.9. The van der Waals surface area contributed by atoms with Gasteiger partial charge < -0.3 is 4.57 Å². The standard InChI is InChI=1S/C23H15N2.Pt/c1-2-11-18(12-3-1)25-22-16-7-6-15-21(22)24-23(25)20-14-8-10-17-9-4-5-13-19(17)20;/h1-13,15-16H;/q-1;. The summed E-state index contributed by atoms with van der Waals surface area (Å²) in [5, 5.41) is 2.36. The number of rotatable bonds is 2. The molecule has 0 saturated heterocycles. The normalized spacial score (nSPS) is 10.8. The summed E-state index contributed by atoms with van der Waals surface area (Å²) in [5.41, 5.74) is 4.22. The molecule has 128 valence electrons. The summed E-state index contributed by atoms with van der Waals surface area (Å²) >= 11 is 0. The quantitative estimate of drug-likeness (QED) is 0.279. The molecule has 0 radical (unpaired) electrons. The number of hydrogen-bond donors (Lipinski definition) is 0. The molecule has 2 nitrogen and oxygen atoms in total. The van der Waals surface area contributed by atoms with Crippen LogP contribution in [0.2, 0.25) is 0 Å². The van der Waals surface area contributed by atoms with Crippen LogP contribution in [0.15, 0.2) is 91.0 Å². The Balaban J connectivity index is 0.00000168. The van der Waals surface area contributed by atoms with Gasteiger partial charge in [-0.25, -0.2) is 0 Å². The first-order valence-corrected chi connectivity index (χ1v) is 8.34. The van der Waals surface area contributed by atoms with E-state index in [0.717, 1.165) is 33.5 Å². The van der Waals surface area contributed by atoms with Crippen molar-refractivity contribution in [2.45, 2.75) is 0 Å². The van der Waals surface area contributed by atoms with Crippen molar-refractivity contribution in [1.29, 1.82) is 0 Å². The predicted molar refractivity (Wildman–Crippen MR) is 103 cm³/mol. The van der Waals surface area contributed by atoms with Gasteiger partial charge in [0.15, 0.2) is 0 Å². The molecule has 0 saturated carbocycles. The summed E-state index contributed by atoms with van der Waals surface area (Å²) in [6.07, 6.45) is 0. The van der Waals surface area contributed by atoms with Gasteiger partial charge in [0.25, 0.3) is 0 Å². The molecule has 0 spiro atoms. The van der Waals surface area contributed by atoms with Crippen LogP contribution in [-0.2, 0) is 21.1 Å². The van der Waals surface area contributed by atoms with Crippen LogP contribution in [0.3, 0.4) is 0 Å². The fourth-order valence-corrected chi connectivity index (χ4v) is 3.38. The molecule has 0 atom stereocenters. The minimum absolute atomic E-state index is 0. The Kier molecular flexibility index (Phi) is 4.44. The third-order valence-corrected chi connectivity index (χ3v) is 4.52. The molecular weight excluding hydrogens is 499 g/mol. The van der Waals surface area contributed by atoms with Crippen molar-refractivity contribution < 1.29 is 21.1 Å². The Hall–Kier alpha value is -2.70. The second kappa shape index (κ2) is 6.90. The average molecular weight is 514 g/mol. The van der Waals surface area contributed by atoms with Crippen LogP contribution in [0.1, 0.15) is 0 Å². The molecule has 5 rings (SSSR count). The Morgan fingerprint density at radius 3 is 2.35 bits per heavy atom. The summed E-state index contributed by atoms with van der Waals surface area (Å²) in [5.74, 6) is 0.921. The van der Waals surface area contributed by atoms with Gasteiger partial charge in [0.2, 0.25) is 0 Å². The average Bonchev–Trinajstić information content (AvgIpc) is 3.07. The van der Waals surface area contributed by atoms with E-state index in [0.29, 0.717) is 0 Å². The van der Waals surface area contributed by atoms with E-state index in [9.17, 15) is 0 Å². The number of benzene rings is 4. The van der Waals surface area contributed by atoms with Crippen molar-refractivity contribution >= 4 is 21.8 Å². The SMILES string of the molecule is [Pt].[c-]1ccc2ccccc2c1-c1nc2ccccc2n1-c1ccccc1. The van der Waals surface area contributed by atoms with E-state index >= 15 is 0 Å². The van der Waals surface area contributed by atoms with Crippen LogP contribution in [0, 0.1) is 6.07 Å². The van der Waals surface area contributed by atoms with E-state index in [-0.39, 0.29) is 21.1 Å². The van der Waals surface area contributed by atoms with Crippen LogP contribution in [0.5, 0.6) is 0 Å². The zero-order valence-corrected chi connectivity index (χ0v) is 16.1. The fourth-order valence-electron chi connectivity index (χ4n) is 3.38. The van der Waals surface area contributed by atoms with Crippen LogP contribution in [0.4, 0.5) is 0 Å². The molecule has 3 heteroatoms. The van der Waals surface area contributed by atoms with Gasteiger partial charge >= 0.3 is 0 Å². The van der Waals surface area contributed by atoms with Crippen LogP contribution in [0.25, 0.3) is 38.9 Å². The van der Waals surface area contributed by atoms with Gasteiger partial charge in [0.1, 0.15) is 0 Å². The second-order valence-electron chi connectivity index (χ2n) is 6.04. The number of aromatic nitrogens is 2. The number of para-hydroxylation sites is 3. The van der Waals surface area contributed by atoms with Crippen LogP contribution >= 0.6 is 0 Å². The summed E-state index contributed by atoms with van der Waals surface area (Å²) in [7, 11) is 0. The summed E-state index contributed by atoms with van der Waals surface area (Å²) in [6, 6.07) is 34.5. The minimum atomic E-state index is 0. The van der Waals surface area contributed by atoms with E-state index in [1.807, 2.05) is 18.2 Å². The molecule has 4 aromatic carbocycles. The molecule has 0 N–H and O–H groups in total. The van der Waals surface area contributed by atoms with Crippen molar-refractivity contribution in [2.75, 3.05) is 0 Å². The molecule has 0 amide bonds. The van der Waals surface area contributed by atoms with E-state index in [2.05, 4.69) is 83.4 Å². The van der Waals surface area contributed by atoms with Crippen LogP contribution < -0.4 is 0 Å². The molecular formula is C23H15N2Pt-. The van der Waals surface area contributed by atoms with Crippen molar-refractivity contribution in [1.82, 2.24) is 9.55 Å². The smallest absolute Gasteiger partial charge is 0.0774 e. The van der Waals surface area contributed by atoms with E-state index in [1.54, 1.807) is 0 Å². The van der Waals surface area contributed by atoms with Gasteiger partial charge in [-0.2, -0.15) is 0 Å². The molecule has 5 aromatic rings. The van der Waals surface area contributed by atoms with E-state index in [4.69, 9.17) is 4.98 Å². The monoisotopic (exact) mass is 514 g/mol. The first kappa shape index (κ1) is 16.7. The molecule has 0 aliphatic heterocycles. The fraction of sp³-hybridized carbons (Fsp3) is 0. The largest absolute Gasteiger partial charge is 0.333 e. The van der Waals surface area contributed by atoms with Crippen molar-refractivity contribution in [3.63, 3.8) is 0 Å². The molecule has 0 aliphatic carbocycles. The summed E-state index contributed by atoms with van der Waals surface area (Å²) in [4.78, 5) is 4.94. The van der Waals surface area contributed by atoms with E-state index < -0.39 is 0 Å². The van der Waals surface area contributed by atoms with Gasteiger partial charge in [-0.15, -0.1) is 29.1 Å². The third kappa shape index (κ3) is 2.67. The predicted octanol–water partition coefficient (Wildman–Crippen LogP) is 5.64. The summed E-state index contributed by atoms with van der Waals surface area (Å²) in [6.45, 7) is 0. The second-order valence-corrected chi connectivity index (χ2v) is 6.04. The first-order chi connectivity index (χ1) is 12.4. The third-order valence-electron chi connectivity index (χ3n) is 4.52. The van der Waals surface area contributed by atoms with Gasteiger partial charge in [-0.3, -0.25) is 4.98 Å². The molecule has 0 bridgehead atoms. The number of fused-ring (bicyclic) bond motifs is 2. The maximum Gasteiger partial charge on any atom is 0.0774 e. The Bertz CT molecular complexity index is 1190. The first-order valence-electron chi connectivity index (χ1n) is 8.34. The van der Waals surface area contributed by atoms with Crippen molar-refractivity contribution in [3.05, 3.63) is 97.1 Å². The molecule has 1 heterocycles. The van der Waals surface area contributed by atoms with Gasteiger partial charge in [-0.05, 0) is 24.3 Å². The van der Waals surface area contributed by atoms with E-state index in [1.165, 1.54) is 5.39 Å². The molecule has 1 aromatic heterocycles. The molecule has 26 heavy (non-hydrogen) atoms. The molecule has 0 aliphatic rings. The van der Waals surface area contributed by atoms with Gasteiger partial charge in [0, 0.05) is 26.8 Å². The van der Waals surface area contributed by atoms with Crippen molar-refractivity contribution in [3.8, 4) is 17.1 Å². The maximum absolute atomic E-state index is 4.94. The van der Waals surface area contributed by atoms with Crippen LogP contribution in [-0.4, -0.2) is 9.55 Å². The van der Waals surface area contributed by atoms with Crippen molar-refractivity contribution in [2.24, 2.45) is 0 Å². The van der Waals surface area contributed by atoms with Gasteiger partial charge in [-0.1, -0.05) is 60.0 Å². The maximum atomic E-state index is 4.94. The Morgan fingerprint density at radius 1 is 0.731 bits per heavy atom. The van der Waals surface area contributed by atoms with Gasteiger partial charge in [0.05, 0.1) is 16.9 Å². The number of imidazole rings is 1. The molecule has 0 unspecified atom stereocenters. The summed E-state index contributed by atoms with van der Waals surface area (Å²) < 4.78 is 2.22. The Morgan fingerprint density at radius 2 is 1.46 bits per heavy atom. The minimum Gasteiger partial charge on any atom is -0.333 e. The topological polar surface area (TPSA) is 17.8 Å². The molecule has 0 fully saturated rings. The number of nitrogens with zero attached hydrogens (tertiary/aromatic N) is 2. The number of hydrogen-bond acceptors (Lipinski definition) is 1. The zero-order chi connectivity index (χ0) is 16.6. The Labute approximate surface area is 166 Å².